The van der Waals surface area contributed by atoms with Gasteiger partial charge in [-0.1, -0.05) is 12.8 Å². The number of aromatic amines is 1. The Morgan fingerprint density at radius 2 is 1.57 bits per heavy atom. The Hall–Kier alpha value is -1.41. The lowest BCUT2D eigenvalue weighted by molar-refractivity contribution is -0.0423. The Kier molecular flexibility index (Phi) is 11.8. The molecule has 0 radical (unpaired) electrons. The van der Waals surface area contributed by atoms with Crippen molar-refractivity contribution in [3.8, 4) is 0 Å². The molecule has 0 aliphatic carbocycles. The maximum absolute atomic E-state index is 12.2. The van der Waals surface area contributed by atoms with E-state index in [4.69, 9.17) is 16.2 Å². The number of fused-ring (bicyclic) bond motifs is 1. The summed E-state index contributed by atoms with van der Waals surface area (Å²) in [6.07, 6.45) is -0.450. The number of nitrogens with two attached hydrogens (primary N) is 2. The van der Waals surface area contributed by atoms with Gasteiger partial charge in [-0.05, 0) is 19.4 Å². The summed E-state index contributed by atoms with van der Waals surface area (Å²) in [5.74, 6) is -0.220. The van der Waals surface area contributed by atoms with E-state index in [1.54, 1.807) is 0 Å². The van der Waals surface area contributed by atoms with Gasteiger partial charge >= 0.3 is 31.3 Å². The second-order valence-electron chi connectivity index (χ2n) is 8.66. The molecule has 0 bridgehead atoms. The number of nitrogens with one attached hydrogen (secondary N) is 1. The molecule has 2 aromatic heterocycles. The van der Waals surface area contributed by atoms with Crippen LogP contribution in [0, 0.1) is 0 Å². The van der Waals surface area contributed by atoms with Crippen molar-refractivity contribution >= 4 is 48.4 Å². The normalized spacial score (nSPS) is 25.0. The van der Waals surface area contributed by atoms with E-state index >= 15 is 0 Å². The van der Waals surface area contributed by atoms with Crippen molar-refractivity contribution in [2.75, 3.05) is 25.5 Å². The number of imidazole rings is 1. The van der Waals surface area contributed by atoms with Gasteiger partial charge in [-0.25, -0.2) is 23.2 Å². The highest BCUT2D eigenvalue weighted by Crippen LogP contribution is 2.71. The molecular formula is C16H30N6O16P4. The van der Waals surface area contributed by atoms with Gasteiger partial charge in [0.05, 0.1) is 25.6 Å². The van der Waals surface area contributed by atoms with Gasteiger partial charge in [0, 0.05) is 6.42 Å². The Balaban J connectivity index is 1.53. The highest BCUT2D eigenvalue weighted by Gasteiger charge is 2.46. The van der Waals surface area contributed by atoms with E-state index in [9.17, 15) is 47.7 Å². The molecule has 1 aliphatic heterocycles. The number of H-pyrrole nitrogens is 1. The number of hydrogen-bond donors (Lipinski definition) is 8. The standard InChI is InChI=1S/C16H30N6O16P4/c17-5-3-1-2-4-6-33-39(25,26)36-41(29,30)38-42(31,32)37-40(27,28)34-8-11-10(23)7-12(35-11)22-9-19-13-14(22)20-16(18)21-15(13)24/h9-12,23H,1-8,17H2,(H,25,26)(H,27,28)(H,29,30)(H,31,32)(H3,18,20,21,24). The van der Waals surface area contributed by atoms with Gasteiger partial charge in [-0.2, -0.15) is 17.9 Å². The van der Waals surface area contributed by atoms with Gasteiger partial charge < -0.3 is 40.9 Å². The molecule has 3 rings (SSSR count). The van der Waals surface area contributed by atoms with Crippen molar-refractivity contribution < 1.29 is 69.7 Å². The summed E-state index contributed by atoms with van der Waals surface area (Å²) in [6.45, 7) is -0.866. The van der Waals surface area contributed by atoms with Gasteiger partial charge in [-0.15, -0.1) is 0 Å². The van der Waals surface area contributed by atoms with Crippen LogP contribution in [0.5, 0.6) is 0 Å². The summed E-state index contributed by atoms with van der Waals surface area (Å²) in [4.78, 5) is 60.7. The van der Waals surface area contributed by atoms with Crippen molar-refractivity contribution in [3.63, 3.8) is 0 Å². The second-order valence-corrected chi connectivity index (χ2v) is 14.9. The molecule has 1 aliphatic rings. The molecule has 10 N–H and O–H groups in total. The van der Waals surface area contributed by atoms with Gasteiger partial charge in [0.25, 0.3) is 5.56 Å². The van der Waals surface area contributed by atoms with Crippen LogP contribution in [-0.4, -0.2) is 76.2 Å². The third kappa shape index (κ3) is 10.3. The summed E-state index contributed by atoms with van der Waals surface area (Å²) >= 11 is 0. The van der Waals surface area contributed by atoms with Crippen molar-refractivity contribution in [1.29, 1.82) is 0 Å². The first-order valence-electron chi connectivity index (χ1n) is 11.9. The molecule has 0 aromatic carbocycles. The number of rotatable bonds is 17. The van der Waals surface area contributed by atoms with Crippen molar-refractivity contribution in [3.05, 3.63) is 16.7 Å². The summed E-state index contributed by atoms with van der Waals surface area (Å²) in [6, 6.07) is 0. The molecule has 1 saturated heterocycles. The first kappa shape index (κ1) is 35.1. The zero-order chi connectivity index (χ0) is 31.3. The quantitative estimate of drug-likeness (QED) is 0.0822. The number of phosphoric acid groups is 4. The lowest BCUT2D eigenvalue weighted by Crippen LogP contribution is -2.26. The van der Waals surface area contributed by atoms with Crippen molar-refractivity contribution in [1.82, 2.24) is 19.5 Å². The highest BCUT2D eigenvalue weighted by atomic mass is 31.3. The predicted octanol–water partition coefficient (Wildman–Crippen LogP) is 0.354. The fourth-order valence-electron chi connectivity index (χ4n) is 3.61. The number of nitrogen functional groups attached to an aromatic ring is 1. The van der Waals surface area contributed by atoms with E-state index in [1.807, 2.05) is 0 Å². The second kappa shape index (κ2) is 14.1. The Bertz CT molecular complexity index is 1480. The molecule has 7 unspecified atom stereocenters. The van der Waals surface area contributed by atoms with Gasteiger partial charge in [0.2, 0.25) is 5.95 Å². The molecule has 0 amide bonds. The summed E-state index contributed by atoms with van der Waals surface area (Å²) in [7, 11) is -22.7. The molecule has 2 aromatic rings. The monoisotopic (exact) mass is 686 g/mol. The topological polar surface area (TPSA) is 340 Å². The molecule has 26 heteroatoms. The third-order valence-electron chi connectivity index (χ3n) is 5.34. The first-order chi connectivity index (χ1) is 19.4. The van der Waals surface area contributed by atoms with Crippen molar-refractivity contribution in [2.24, 2.45) is 5.73 Å². The zero-order valence-corrected chi connectivity index (χ0v) is 25.1. The van der Waals surface area contributed by atoms with Crippen LogP contribution in [0.3, 0.4) is 0 Å². The fourth-order valence-corrected chi connectivity index (χ4v) is 8.58. The lowest BCUT2D eigenvalue weighted by atomic mass is 10.2. The van der Waals surface area contributed by atoms with Crippen molar-refractivity contribution in [2.45, 2.75) is 50.5 Å². The first-order valence-corrected chi connectivity index (χ1v) is 17.9. The van der Waals surface area contributed by atoms with Crippen LogP contribution in [-0.2, 0) is 45.0 Å². The number of aliphatic hydroxyl groups is 1. The number of unbranched alkanes of at least 4 members (excludes halogenated alkanes) is 3. The predicted molar refractivity (Wildman–Crippen MR) is 139 cm³/mol. The van der Waals surface area contributed by atoms with Crippen LogP contribution >= 0.6 is 31.3 Å². The molecule has 0 spiro atoms. The molecule has 7 atom stereocenters. The van der Waals surface area contributed by atoms with E-state index in [1.165, 1.54) is 10.9 Å². The van der Waals surface area contributed by atoms with Crippen LogP contribution in [0.4, 0.5) is 5.95 Å². The van der Waals surface area contributed by atoms with Crippen LogP contribution in [0.25, 0.3) is 11.2 Å². The van der Waals surface area contributed by atoms with Gasteiger partial charge in [0.1, 0.15) is 12.3 Å². The SMILES string of the molecule is NCCCCCCOP(=O)(O)OP(=O)(O)OP(=O)(O)OP(=O)(O)OCC1OC(n2cnc3c(=O)[nH]c(N)nc32)CC1O. The molecule has 42 heavy (non-hydrogen) atoms. The van der Waals surface area contributed by atoms with Crippen LogP contribution in [0.2, 0.25) is 0 Å². The summed E-state index contributed by atoms with van der Waals surface area (Å²) < 4.78 is 75.5. The Morgan fingerprint density at radius 3 is 2.21 bits per heavy atom. The van der Waals surface area contributed by atoms with E-state index < -0.39 is 61.9 Å². The lowest BCUT2D eigenvalue weighted by Gasteiger charge is -2.21. The fraction of sp³-hybridized carbons (Fsp3) is 0.688. The number of anilines is 1. The van der Waals surface area contributed by atoms with E-state index in [0.717, 1.165) is 0 Å². The Labute approximate surface area is 236 Å². The van der Waals surface area contributed by atoms with Gasteiger partial charge in [0.15, 0.2) is 11.2 Å². The maximum Gasteiger partial charge on any atom is 0.490 e. The molecule has 0 saturated carbocycles. The number of nitrogens with zero attached hydrogens (tertiary/aromatic N) is 3. The summed E-state index contributed by atoms with van der Waals surface area (Å²) in [5, 5.41) is 10.3. The molecule has 3 heterocycles. The number of ether oxygens (including phenoxy) is 1. The van der Waals surface area contributed by atoms with Crippen LogP contribution < -0.4 is 17.0 Å². The minimum Gasteiger partial charge on any atom is -0.390 e. The maximum atomic E-state index is 12.2. The minimum atomic E-state index is -5.98. The average molecular weight is 686 g/mol. The third-order valence-corrected chi connectivity index (χ3v) is 11.3. The smallest absolute Gasteiger partial charge is 0.390 e. The summed E-state index contributed by atoms with van der Waals surface area (Å²) in [5.41, 5.74) is 10.2. The van der Waals surface area contributed by atoms with E-state index in [0.29, 0.717) is 25.8 Å². The van der Waals surface area contributed by atoms with E-state index in [-0.39, 0.29) is 36.6 Å². The molecular weight excluding hydrogens is 656 g/mol. The molecule has 1 fully saturated rings. The van der Waals surface area contributed by atoms with Crippen LogP contribution in [0.1, 0.15) is 38.3 Å². The van der Waals surface area contributed by atoms with E-state index in [2.05, 4.69) is 36.9 Å². The molecule has 22 nitrogen and oxygen atoms in total. The number of phosphoric ester groups is 2. The van der Waals surface area contributed by atoms with Crippen LogP contribution in [0.15, 0.2) is 11.1 Å². The average Bonchev–Trinajstić information content (AvgIpc) is 3.40. The van der Waals surface area contributed by atoms with Gasteiger partial charge in [-0.3, -0.25) is 23.4 Å². The largest absolute Gasteiger partial charge is 0.490 e. The number of aliphatic hydroxyl groups excluding tert-OH is 1. The Morgan fingerprint density at radius 1 is 0.976 bits per heavy atom. The molecule has 240 valence electrons. The minimum absolute atomic E-state index is 0.0144. The number of hydrogen-bond acceptors (Lipinski definition) is 16. The number of aromatic nitrogens is 4. The zero-order valence-electron chi connectivity index (χ0n) is 21.5. The highest BCUT2D eigenvalue weighted by molar-refractivity contribution is 7.69.